The van der Waals surface area contributed by atoms with E-state index in [1.54, 1.807) is 0 Å². The molecule has 0 radical (unpaired) electrons. The molecule has 1 fully saturated rings. The van der Waals surface area contributed by atoms with Crippen LogP contribution in [0.5, 0.6) is 0 Å². The van der Waals surface area contributed by atoms with Gasteiger partial charge >= 0.3 is 0 Å². The van der Waals surface area contributed by atoms with Crippen molar-refractivity contribution in [1.82, 2.24) is 4.90 Å². The number of nitrogens with zero attached hydrogens (tertiary/aromatic N) is 2. The largest absolute Gasteiger partial charge is 0.300 e. The zero-order valence-corrected chi connectivity index (χ0v) is 6.51. The van der Waals surface area contributed by atoms with E-state index in [0.29, 0.717) is 12.5 Å². The lowest BCUT2D eigenvalue weighted by Crippen LogP contribution is -2.27. The van der Waals surface area contributed by atoms with Gasteiger partial charge in [0.15, 0.2) is 0 Å². The van der Waals surface area contributed by atoms with Crippen LogP contribution in [0.3, 0.4) is 0 Å². The summed E-state index contributed by atoms with van der Waals surface area (Å²) in [6.07, 6.45) is 3.31. The molecule has 0 aromatic heterocycles. The van der Waals surface area contributed by atoms with Crippen LogP contribution in [0.25, 0.3) is 0 Å². The van der Waals surface area contributed by atoms with Crippen LogP contribution in [0.15, 0.2) is 0 Å². The minimum absolute atomic E-state index is 0.685. The number of likely N-dealkylation sites (tertiary alicyclic amines) is 1. The van der Waals surface area contributed by atoms with Crippen molar-refractivity contribution in [3.8, 4) is 6.07 Å². The first kappa shape index (κ1) is 7.56. The Kier molecular flexibility index (Phi) is 2.70. The van der Waals surface area contributed by atoms with Crippen molar-refractivity contribution in [2.24, 2.45) is 0 Å². The summed E-state index contributed by atoms with van der Waals surface area (Å²) in [4.78, 5) is 2.39. The van der Waals surface area contributed by atoms with E-state index in [-0.39, 0.29) is 0 Å². The first-order chi connectivity index (χ1) is 4.84. The van der Waals surface area contributed by atoms with Gasteiger partial charge in [0, 0.05) is 19.0 Å². The van der Waals surface area contributed by atoms with Crippen molar-refractivity contribution < 1.29 is 0 Å². The Labute approximate surface area is 62.4 Å². The average molecular weight is 138 g/mol. The molecule has 1 rings (SSSR count). The van der Waals surface area contributed by atoms with Crippen molar-refractivity contribution in [2.45, 2.75) is 32.2 Å². The van der Waals surface area contributed by atoms with Crippen LogP contribution in [0, 0.1) is 11.3 Å². The van der Waals surface area contributed by atoms with Crippen LogP contribution < -0.4 is 0 Å². The Morgan fingerprint density at radius 3 is 3.00 bits per heavy atom. The van der Waals surface area contributed by atoms with E-state index in [9.17, 15) is 0 Å². The third-order valence-corrected chi connectivity index (χ3v) is 2.20. The zero-order chi connectivity index (χ0) is 7.40. The molecule has 2 nitrogen and oxygen atoms in total. The summed E-state index contributed by atoms with van der Waals surface area (Å²) in [5, 5.41) is 8.34. The van der Waals surface area contributed by atoms with Gasteiger partial charge in [-0.05, 0) is 26.3 Å². The molecule has 0 amide bonds. The molecule has 0 saturated carbocycles. The normalized spacial score (nSPS) is 26.6. The van der Waals surface area contributed by atoms with Crippen LogP contribution in [0.1, 0.15) is 26.2 Å². The molecule has 1 heterocycles. The van der Waals surface area contributed by atoms with Gasteiger partial charge in [-0.15, -0.1) is 0 Å². The summed E-state index contributed by atoms with van der Waals surface area (Å²) < 4.78 is 0. The Bertz CT molecular complexity index is 137. The van der Waals surface area contributed by atoms with E-state index in [2.05, 4.69) is 17.9 Å². The highest BCUT2D eigenvalue weighted by Gasteiger charge is 2.18. The molecule has 1 atom stereocenters. The molecule has 0 aliphatic carbocycles. The summed E-state index contributed by atoms with van der Waals surface area (Å²) in [6, 6.07) is 2.89. The summed E-state index contributed by atoms with van der Waals surface area (Å²) >= 11 is 0. The molecule has 1 aliphatic heterocycles. The van der Waals surface area contributed by atoms with Gasteiger partial charge in [-0.3, -0.25) is 4.90 Å². The Hall–Kier alpha value is -0.550. The van der Waals surface area contributed by atoms with Crippen molar-refractivity contribution in [3.63, 3.8) is 0 Å². The van der Waals surface area contributed by atoms with Crippen LogP contribution in [0.4, 0.5) is 0 Å². The number of hydrogen-bond acceptors (Lipinski definition) is 2. The van der Waals surface area contributed by atoms with E-state index in [0.717, 1.165) is 6.54 Å². The van der Waals surface area contributed by atoms with Crippen LogP contribution in [0.2, 0.25) is 0 Å². The summed E-state index contributed by atoms with van der Waals surface area (Å²) in [5.74, 6) is 0. The molecule has 1 saturated heterocycles. The molecule has 1 aliphatic rings. The SMILES string of the molecule is CC1CCCN1CCC#N. The lowest BCUT2D eigenvalue weighted by Gasteiger charge is -2.18. The van der Waals surface area contributed by atoms with Gasteiger partial charge in [-0.1, -0.05) is 0 Å². The van der Waals surface area contributed by atoms with Crippen LogP contribution in [-0.4, -0.2) is 24.0 Å². The molecular formula is C8H14N2. The lowest BCUT2D eigenvalue weighted by molar-refractivity contribution is 0.275. The van der Waals surface area contributed by atoms with Crippen molar-refractivity contribution in [3.05, 3.63) is 0 Å². The highest BCUT2D eigenvalue weighted by molar-refractivity contribution is 4.79. The fourth-order valence-corrected chi connectivity index (χ4v) is 1.52. The summed E-state index contributed by atoms with van der Waals surface area (Å²) in [6.45, 7) is 4.41. The van der Waals surface area contributed by atoms with E-state index < -0.39 is 0 Å². The topological polar surface area (TPSA) is 27.0 Å². The maximum atomic E-state index is 8.34. The molecule has 0 spiro atoms. The first-order valence-corrected chi connectivity index (χ1v) is 3.95. The lowest BCUT2D eigenvalue weighted by atomic mass is 10.2. The summed E-state index contributed by atoms with van der Waals surface area (Å²) in [5.41, 5.74) is 0. The Morgan fingerprint density at radius 1 is 1.70 bits per heavy atom. The van der Waals surface area contributed by atoms with E-state index >= 15 is 0 Å². The molecule has 0 bridgehead atoms. The van der Waals surface area contributed by atoms with E-state index in [1.807, 2.05) is 0 Å². The predicted molar refractivity (Wildman–Crippen MR) is 40.5 cm³/mol. The second-order valence-corrected chi connectivity index (χ2v) is 2.94. The van der Waals surface area contributed by atoms with Gasteiger partial charge in [0.05, 0.1) is 6.07 Å². The summed E-state index contributed by atoms with van der Waals surface area (Å²) in [7, 11) is 0. The average Bonchev–Trinajstić information content (AvgIpc) is 2.31. The maximum Gasteiger partial charge on any atom is 0.0635 e. The van der Waals surface area contributed by atoms with Gasteiger partial charge in [-0.25, -0.2) is 0 Å². The smallest absolute Gasteiger partial charge is 0.0635 e. The molecule has 1 unspecified atom stereocenters. The molecule has 0 N–H and O–H groups in total. The fraction of sp³-hybridized carbons (Fsp3) is 0.875. The molecule has 56 valence electrons. The zero-order valence-electron chi connectivity index (χ0n) is 6.51. The molecule has 0 aromatic carbocycles. The minimum Gasteiger partial charge on any atom is -0.300 e. The van der Waals surface area contributed by atoms with Gasteiger partial charge < -0.3 is 0 Å². The van der Waals surface area contributed by atoms with Gasteiger partial charge in [-0.2, -0.15) is 5.26 Å². The third kappa shape index (κ3) is 1.71. The Morgan fingerprint density at radius 2 is 2.50 bits per heavy atom. The van der Waals surface area contributed by atoms with E-state index in [4.69, 9.17) is 5.26 Å². The third-order valence-electron chi connectivity index (χ3n) is 2.20. The van der Waals surface area contributed by atoms with Crippen molar-refractivity contribution >= 4 is 0 Å². The van der Waals surface area contributed by atoms with Crippen molar-refractivity contribution in [2.75, 3.05) is 13.1 Å². The predicted octanol–water partition coefficient (Wildman–Crippen LogP) is 1.38. The van der Waals surface area contributed by atoms with Gasteiger partial charge in [0.1, 0.15) is 0 Å². The Balaban J connectivity index is 2.21. The van der Waals surface area contributed by atoms with Crippen LogP contribution >= 0.6 is 0 Å². The first-order valence-electron chi connectivity index (χ1n) is 3.95. The highest BCUT2D eigenvalue weighted by Crippen LogP contribution is 2.15. The molecule has 0 aromatic rings. The van der Waals surface area contributed by atoms with E-state index in [1.165, 1.54) is 19.4 Å². The van der Waals surface area contributed by atoms with Crippen molar-refractivity contribution in [1.29, 1.82) is 5.26 Å². The molecular weight excluding hydrogens is 124 g/mol. The highest BCUT2D eigenvalue weighted by atomic mass is 15.2. The standard InChI is InChI=1S/C8H14N2/c1-8-4-2-6-10(8)7-3-5-9/h8H,2-4,6-7H2,1H3. The molecule has 10 heavy (non-hydrogen) atoms. The van der Waals surface area contributed by atoms with Gasteiger partial charge in [0.25, 0.3) is 0 Å². The van der Waals surface area contributed by atoms with Crippen LogP contribution in [-0.2, 0) is 0 Å². The van der Waals surface area contributed by atoms with Gasteiger partial charge in [0.2, 0.25) is 0 Å². The second-order valence-electron chi connectivity index (χ2n) is 2.94. The quantitative estimate of drug-likeness (QED) is 0.576. The number of rotatable bonds is 2. The second kappa shape index (κ2) is 3.58. The number of nitriles is 1. The number of hydrogen-bond donors (Lipinski definition) is 0. The monoisotopic (exact) mass is 138 g/mol. The minimum atomic E-state index is 0.685. The maximum absolute atomic E-state index is 8.34. The fourth-order valence-electron chi connectivity index (χ4n) is 1.52. The molecule has 2 heteroatoms.